The van der Waals surface area contributed by atoms with Gasteiger partial charge in [-0.3, -0.25) is 19.1 Å². The monoisotopic (exact) mass is 444 g/mol. The van der Waals surface area contributed by atoms with Gasteiger partial charge in [-0.05, 0) is 50.2 Å². The standard InChI is InChI=1S/C22H28N4O2S2/c1-14(2)8-11-26-21(28)18(30-22(26)29)12-16-15(3)17(13-23)20(27)24(4)19(16)25-9-6-5-7-10-25/h12,14H,5-11H2,1-4H3. The Bertz CT molecular complexity index is 998. The number of anilines is 1. The van der Waals surface area contributed by atoms with Crippen molar-refractivity contribution in [3.63, 3.8) is 0 Å². The van der Waals surface area contributed by atoms with Crippen LogP contribution in [-0.4, -0.2) is 39.3 Å². The maximum atomic E-state index is 13.0. The summed E-state index contributed by atoms with van der Waals surface area (Å²) in [6.07, 6.45) is 6.00. The van der Waals surface area contributed by atoms with Crippen LogP contribution in [0.3, 0.4) is 0 Å². The number of nitriles is 1. The van der Waals surface area contributed by atoms with Crippen molar-refractivity contribution >= 4 is 46.1 Å². The van der Waals surface area contributed by atoms with Crippen LogP contribution in [0.2, 0.25) is 0 Å². The number of thiocarbonyl (C=S) groups is 1. The molecule has 30 heavy (non-hydrogen) atoms. The smallest absolute Gasteiger partial charge is 0.270 e. The molecule has 160 valence electrons. The number of rotatable bonds is 5. The van der Waals surface area contributed by atoms with Crippen molar-refractivity contribution in [2.75, 3.05) is 24.5 Å². The van der Waals surface area contributed by atoms with E-state index in [-0.39, 0.29) is 17.0 Å². The summed E-state index contributed by atoms with van der Waals surface area (Å²) in [5, 5.41) is 9.57. The highest BCUT2D eigenvalue weighted by Crippen LogP contribution is 2.36. The summed E-state index contributed by atoms with van der Waals surface area (Å²) in [4.78, 5) is 30.2. The van der Waals surface area contributed by atoms with E-state index in [0.29, 0.717) is 27.3 Å². The molecule has 6 nitrogen and oxygen atoms in total. The summed E-state index contributed by atoms with van der Waals surface area (Å²) in [6.45, 7) is 8.35. The Morgan fingerprint density at radius 3 is 2.50 bits per heavy atom. The lowest BCUT2D eigenvalue weighted by Crippen LogP contribution is -2.36. The molecule has 0 unspecified atom stereocenters. The molecule has 0 atom stereocenters. The van der Waals surface area contributed by atoms with Crippen LogP contribution in [0.1, 0.15) is 56.2 Å². The SMILES string of the molecule is Cc1c(C=C2SC(=S)N(CCC(C)C)C2=O)c(N2CCCCC2)n(C)c(=O)c1C#N. The summed E-state index contributed by atoms with van der Waals surface area (Å²) in [7, 11) is 1.71. The van der Waals surface area contributed by atoms with Crippen LogP contribution in [0.25, 0.3) is 6.08 Å². The third-order valence-corrected chi connectivity index (χ3v) is 7.08. The Morgan fingerprint density at radius 2 is 1.90 bits per heavy atom. The molecule has 3 heterocycles. The minimum Gasteiger partial charge on any atom is -0.357 e. The van der Waals surface area contributed by atoms with E-state index in [9.17, 15) is 14.9 Å². The number of hydrogen-bond donors (Lipinski definition) is 0. The van der Waals surface area contributed by atoms with Crippen LogP contribution in [0.4, 0.5) is 5.82 Å². The van der Waals surface area contributed by atoms with Crippen molar-refractivity contribution in [2.24, 2.45) is 13.0 Å². The molecule has 0 spiro atoms. The van der Waals surface area contributed by atoms with Gasteiger partial charge in [0, 0.05) is 32.2 Å². The van der Waals surface area contributed by atoms with Gasteiger partial charge in [-0.25, -0.2) is 0 Å². The normalized spacial score (nSPS) is 18.6. The van der Waals surface area contributed by atoms with E-state index in [0.717, 1.165) is 43.7 Å². The average Bonchev–Trinajstić information content (AvgIpc) is 2.98. The van der Waals surface area contributed by atoms with Gasteiger partial charge in [0.25, 0.3) is 11.5 Å². The number of pyridine rings is 1. The fourth-order valence-electron chi connectivity index (χ4n) is 3.91. The molecule has 1 aromatic rings. The highest BCUT2D eigenvalue weighted by Gasteiger charge is 2.33. The Labute approximate surface area is 187 Å². The molecule has 1 aromatic heterocycles. The first-order valence-corrected chi connectivity index (χ1v) is 11.6. The first-order valence-electron chi connectivity index (χ1n) is 10.4. The van der Waals surface area contributed by atoms with E-state index in [1.165, 1.54) is 18.2 Å². The van der Waals surface area contributed by atoms with Crippen molar-refractivity contribution in [1.29, 1.82) is 5.26 Å². The largest absolute Gasteiger partial charge is 0.357 e. The predicted molar refractivity (Wildman–Crippen MR) is 127 cm³/mol. The fraction of sp³-hybridized carbons (Fsp3) is 0.545. The van der Waals surface area contributed by atoms with E-state index < -0.39 is 0 Å². The number of aromatic nitrogens is 1. The quantitative estimate of drug-likeness (QED) is 0.508. The lowest BCUT2D eigenvalue weighted by Gasteiger charge is -2.32. The number of piperidine rings is 1. The molecular weight excluding hydrogens is 416 g/mol. The number of carbonyl (C=O) groups is 1. The third-order valence-electron chi connectivity index (χ3n) is 5.70. The number of thioether (sulfide) groups is 1. The molecular formula is C22H28N4O2S2. The second kappa shape index (κ2) is 9.36. The van der Waals surface area contributed by atoms with Gasteiger partial charge in [0.1, 0.15) is 21.8 Å². The molecule has 8 heteroatoms. The number of amides is 1. The molecule has 2 aliphatic rings. The Balaban J connectivity index is 2.10. The molecule has 0 aliphatic carbocycles. The molecule has 2 fully saturated rings. The second-order valence-electron chi connectivity index (χ2n) is 8.28. The van der Waals surface area contributed by atoms with Gasteiger partial charge in [-0.15, -0.1) is 0 Å². The zero-order valence-corrected chi connectivity index (χ0v) is 19.7. The Hall–Kier alpha value is -2.11. The molecule has 0 saturated carbocycles. The van der Waals surface area contributed by atoms with Crippen molar-refractivity contribution < 1.29 is 4.79 Å². The molecule has 0 aromatic carbocycles. The summed E-state index contributed by atoms with van der Waals surface area (Å²) < 4.78 is 2.12. The Morgan fingerprint density at radius 1 is 1.23 bits per heavy atom. The van der Waals surface area contributed by atoms with Gasteiger partial charge in [0.05, 0.1) is 4.91 Å². The summed E-state index contributed by atoms with van der Waals surface area (Å²) >= 11 is 6.75. The molecule has 3 rings (SSSR count). The van der Waals surface area contributed by atoms with Gasteiger partial charge in [0.15, 0.2) is 0 Å². The zero-order valence-electron chi connectivity index (χ0n) is 18.0. The van der Waals surface area contributed by atoms with Gasteiger partial charge in [-0.1, -0.05) is 37.8 Å². The molecule has 1 amide bonds. The molecule has 2 saturated heterocycles. The van der Waals surface area contributed by atoms with Crippen LogP contribution in [0.5, 0.6) is 0 Å². The maximum absolute atomic E-state index is 13.0. The van der Waals surface area contributed by atoms with Crippen LogP contribution in [0.15, 0.2) is 9.70 Å². The van der Waals surface area contributed by atoms with Gasteiger partial charge >= 0.3 is 0 Å². The highest BCUT2D eigenvalue weighted by atomic mass is 32.2. The van der Waals surface area contributed by atoms with Crippen molar-refractivity contribution in [1.82, 2.24) is 9.47 Å². The minimum atomic E-state index is -0.294. The van der Waals surface area contributed by atoms with Crippen molar-refractivity contribution in [3.05, 3.63) is 31.9 Å². The van der Waals surface area contributed by atoms with Crippen molar-refractivity contribution in [3.8, 4) is 6.07 Å². The van der Waals surface area contributed by atoms with Crippen LogP contribution in [-0.2, 0) is 11.8 Å². The number of nitrogens with zero attached hydrogens (tertiary/aromatic N) is 4. The average molecular weight is 445 g/mol. The van der Waals surface area contributed by atoms with E-state index >= 15 is 0 Å². The van der Waals surface area contributed by atoms with E-state index in [1.54, 1.807) is 23.4 Å². The summed E-state index contributed by atoms with van der Waals surface area (Å²) in [5.41, 5.74) is 1.21. The summed E-state index contributed by atoms with van der Waals surface area (Å²) in [6, 6.07) is 2.05. The maximum Gasteiger partial charge on any atom is 0.270 e. The van der Waals surface area contributed by atoms with Gasteiger partial charge < -0.3 is 4.90 Å². The first-order chi connectivity index (χ1) is 14.3. The second-order valence-corrected chi connectivity index (χ2v) is 9.95. The molecule has 0 bridgehead atoms. The molecule has 2 aliphatic heterocycles. The zero-order chi connectivity index (χ0) is 22.0. The predicted octanol–water partition coefficient (Wildman–Crippen LogP) is 3.80. The minimum absolute atomic E-state index is 0.0954. The van der Waals surface area contributed by atoms with Gasteiger partial charge in [0.2, 0.25) is 0 Å². The molecule has 0 radical (unpaired) electrons. The third kappa shape index (κ3) is 4.33. The van der Waals surface area contributed by atoms with E-state index in [1.807, 2.05) is 6.08 Å². The van der Waals surface area contributed by atoms with Crippen LogP contribution >= 0.6 is 24.0 Å². The lowest BCUT2D eigenvalue weighted by molar-refractivity contribution is -0.122. The van der Waals surface area contributed by atoms with E-state index in [2.05, 4.69) is 24.8 Å². The number of carbonyl (C=O) groups excluding carboxylic acids is 1. The fourth-order valence-corrected chi connectivity index (χ4v) is 5.20. The first kappa shape index (κ1) is 22.6. The van der Waals surface area contributed by atoms with Crippen LogP contribution in [0, 0.1) is 24.2 Å². The van der Waals surface area contributed by atoms with Gasteiger partial charge in [-0.2, -0.15) is 5.26 Å². The van der Waals surface area contributed by atoms with Crippen LogP contribution < -0.4 is 10.5 Å². The summed E-state index contributed by atoms with van der Waals surface area (Å²) in [5.74, 6) is 1.17. The highest BCUT2D eigenvalue weighted by molar-refractivity contribution is 8.26. The lowest BCUT2D eigenvalue weighted by atomic mass is 10.0. The topological polar surface area (TPSA) is 69.3 Å². The number of hydrogen-bond acceptors (Lipinski definition) is 6. The molecule has 0 N–H and O–H groups in total. The Kier molecular flexibility index (Phi) is 7.04. The van der Waals surface area contributed by atoms with E-state index in [4.69, 9.17) is 12.2 Å². The van der Waals surface area contributed by atoms with Crippen molar-refractivity contribution in [2.45, 2.75) is 46.5 Å².